The predicted octanol–water partition coefficient (Wildman–Crippen LogP) is 0.798. The monoisotopic (exact) mass is 302 g/mol. The Morgan fingerprint density at radius 3 is 2.73 bits per heavy atom. The second kappa shape index (κ2) is 5.59. The fraction of sp³-hybridized carbons (Fsp3) is 0.267. The van der Waals surface area contributed by atoms with Crippen LogP contribution >= 0.6 is 0 Å². The highest BCUT2D eigenvalue weighted by molar-refractivity contribution is 5.96. The molecule has 1 fully saturated rings. The molecule has 6 nitrogen and oxygen atoms in total. The van der Waals surface area contributed by atoms with Gasteiger partial charge in [-0.3, -0.25) is 14.3 Å². The molecular weight excluding hydrogens is 287 g/mol. The lowest BCUT2D eigenvalue weighted by Gasteiger charge is -2.26. The van der Waals surface area contributed by atoms with Crippen LogP contribution in [0.5, 0.6) is 0 Å². The van der Waals surface area contributed by atoms with Crippen LogP contribution in [0.1, 0.15) is 10.5 Å². The number of nitrogens with one attached hydrogen (secondary N) is 1. The number of carbonyl (C=O) groups excluding carboxylic acids is 2. The van der Waals surface area contributed by atoms with Crippen molar-refractivity contribution in [2.75, 3.05) is 19.6 Å². The SMILES string of the molecule is Cn1nc(-c2ccc(F)cc2)cc1C(=O)N1CCNC(=O)C1. The van der Waals surface area contributed by atoms with Crippen LogP contribution in [0.4, 0.5) is 4.39 Å². The number of amides is 2. The van der Waals surface area contributed by atoms with Crippen molar-refractivity contribution in [3.05, 3.63) is 41.8 Å². The maximum atomic E-state index is 13.0. The summed E-state index contributed by atoms with van der Waals surface area (Å²) in [6.07, 6.45) is 0. The molecule has 22 heavy (non-hydrogen) atoms. The topological polar surface area (TPSA) is 67.2 Å². The third kappa shape index (κ3) is 2.69. The number of hydrogen-bond acceptors (Lipinski definition) is 3. The molecule has 114 valence electrons. The molecule has 2 amide bonds. The number of halogens is 1. The Labute approximate surface area is 126 Å². The van der Waals surface area contributed by atoms with Gasteiger partial charge in [-0.05, 0) is 30.3 Å². The van der Waals surface area contributed by atoms with Crippen LogP contribution in [0.3, 0.4) is 0 Å². The highest BCUT2D eigenvalue weighted by atomic mass is 19.1. The number of aromatic nitrogens is 2. The molecule has 1 aromatic carbocycles. The molecule has 1 saturated heterocycles. The first-order valence-electron chi connectivity index (χ1n) is 6.90. The lowest BCUT2D eigenvalue weighted by Crippen LogP contribution is -2.50. The molecule has 1 aliphatic heterocycles. The van der Waals surface area contributed by atoms with E-state index in [0.29, 0.717) is 24.5 Å². The molecule has 0 spiro atoms. The van der Waals surface area contributed by atoms with E-state index in [1.54, 1.807) is 25.2 Å². The van der Waals surface area contributed by atoms with Gasteiger partial charge >= 0.3 is 0 Å². The molecule has 0 aliphatic carbocycles. The van der Waals surface area contributed by atoms with E-state index in [2.05, 4.69) is 10.4 Å². The zero-order chi connectivity index (χ0) is 15.7. The molecule has 7 heteroatoms. The van der Waals surface area contributed by atoms with E-state index >= 15 is 0 Å². The van der Waals surface area contributed by atoms with Crippen LogP contribution < -0.4 is 5.32 Å². The molecule has 3 rings (SSSR count). The van der Waals surface area contributed by atoms with Crippen molar-refractivity contribution in [1.82, 2.24) is 20.0 Å². The highest BCUT2D eigenvalue weighted by Gasteiger charge is 2.25. The van der Waals surface area contributed by atoms with E-state index < -0.39 is 0 Å². The van der Waals surface area contributed by atoms with Crippen LogP contribution in [0.25, 0.3) is 11.3 Å². The van der Waals surface area contributed by atoms with Crippen molar-refractivity contribution in [3.63, 3.8) is 0 Å². The third-order valence-corrected chi connectivity index (χ3v) is 3.56. The highest BCUT2D eigenvalue weighted by Crippen LogP contribution is 2.20. The first kappa shape index (κ1) is 14.2. The molecule has 0 radical (unpaired) electrons. The van der Waals surface area contributed by atoms with Crippen molar-refractivity contribution in [2.45, 2.75) is 0 Å². The van der Waals surface area contributed by atoms with Gasteiger partial charge in [0, 0.05) is 25.7 Å². The van der Waals surface area contributed by atoms with Crippen molar-refractivity contribution < 1.29 is 14.0 Å². The first-order chi connectivity index (χ1) is 10.5. The molecule has 0 saturated carbocycles. The Morgan fingerprint density at radius 2 is 2.05 bits per heavy atom. The van der Waals surface area contributed by atoms with Crippen LogP contribution in [0.2, 0.25) is 0 Å². The summed E-state index contributed by atoms with van der Waals surface area (Å²) >= 11 is 0. The lowest BCUT2D eigenvalue weighted by atomic mass is 10.1. The van der Waals surface area contributed by atoms with Crippen molar-refractivity contribution in [1.29, 1.82) is 0 Å². The Balaban J connectivity index is 1.87. The molecular formula is C15H15FN4O2. The van der Waals surface area contributed by atoms with E-state index in [1.807, 2.05) is 0 Å². The summed E-state index contributed by atoms with van der Waals surface area (Å²) in [6.45, 7) is 0.977. The molecule has 1 N–H and O–H groups in total. The van der Waals surface area contributed by atoms with E-state index in [0.717, 1.165) is 5.56 Å². The van der Waals surface area contributed by atoms with Crippen molar-refractivity contribution in [2.24, 2.45) is 7.05 Å². The van der Waals surface area contributed by atoms with Crippen LogP contribution in [0.15, 0.2) is 30.3 Å². The lowest BCUT2D eigenvalue weighted by molar-refractivity contribution is -0.123. The molecule has 1 aromatic heterocycles. The van der Waals surface area contributed by atoms with E-state index in [9.17, 15) is 14.0 Å². The van der Waals surface area contributed by atoms with Crippen molar-refractivity contribution in [3.8, 4) is 11.3 Å². The second-order valence-corrected chi connectivity index (χ2v) is 5.12. The van der Waals surface area contributed by atoms with Gasteiger partial charge in [-0.15, -0.1) is 0 Å². The van der Waals surface area contributed by atoms with Crippen LogP contribution in [-0.2, 0) is 11.8 Å². The summed E-state index contributed by atoms with van der Waals surface area (Å²) in [7, 11) is 1.67. The summed E-state index contributed by atoms with van der Waals surface area (Å²) in [4.78, 5) is 25.4. The van der Waals surface area contributed by atoms with Gasteiger partial charge in [0.05, 0.1) is 12.2 Å². The number of rotatable bonds is 2. The quantitative estimate of drug-likeness (QED) is 0.892. The Kier molecular flexibility index (Phi) is 3.62. The molecule has 0 bridgehead atoms. The molecule has 2 aromatic rings. The predicted molar refractivity (Wildman–Crippen MR) is 77.5 cm³/mol. The van der Waals surface area contributed by atoms with Gasteiger partial charge < -0.3 is 10.2 Å². The average Bonchev–Trinajstić information content (AvgIpc) is 2.89. The number of nitrogens with zero attached hydrogens (tertiary/aromatic N) is 3. The second-order valence-electron chi connectivity index (χ2n) is 5.12. The van der Waals surface area contributed by atoms with Crippen molar-refractivity contribution >= 4 is 11.8 Å². The van der Waals surface area contributed by atoms with E-state index in [1.165, 1.54) is 21.7 Å². The van der Waals surface area contributed by atoms with E-state index in [-0.39, 0.29) is 24.2 Å². The smallest absolute Gasteiger partial charge is 0.272 e. The minimum Gasteiger partial charge on any atom is -0.353 e. The normalized spacial score (nSPS) is 14.8. The molecule has 1 aliphatic rings. The minimum atomic E-state index is -0.324. The number of hydrogen-bond donors (Lipinski definition) is 1. The fourth-order valence-electron chi connectivity index (χ4n) is 2.40. The maximum absolute atomic E-state index is 13.0. The summed E-state index contributed by atoms with van der Waals surface area (Å²) in [5.41, 5.74) is 1.72. The molecule has 0 atom stereocenters. The van der Waals surface area contributed by atoms with E-state index in [4.69, 9.17) is 0 Å². The largest absolute Gasteiger partial charge is 0.353 e. The van der Waals surface area contributed by atoms with Gasteiger partial charge in [0.2, 0.25) is 5.91 Å². The van der Waals surface area contributed by atoms with Gasteiger partial charge in [-0.25, -0.2) is 4.39 Å². The summed E-state index contributed by atoms with van der Waals surface area (Å²) < 4.78 is 14.5. The third-order valence-electron chi connectivity index (χ3n) is 3.56. The standard InChI is InChI=1S/C15H15FN4O2/c1-19-13(15(22)20-7-6-17-14(21)9-20)8-12(18-19)10-2-4-11(16)5-3-10/h2-5,8H,6-7,9H2,1H3,(H,17,21). The van der Waals surface area contributed by atoms with Gasteiger partial charge in [0.25, 0.3) is 5.91 Å². The zero-order valence-electron chi connectivity index (χ0n) is 12.0. The number of benzene rings is 1. The Morgan fingerprint density at radius 1 is 1.32 bits per heavy atom. The number of aryl methyl sites for hydroxylation is 1. The summed E-state index contributed by atoms with van der Waals surface area (Å²) in [6, 6.07) is 7.57. The average molecular weight is 302 g/mol. The maximum Gasteiger partial charge on any atom is 0.272 e. The Bertz CT molecular complexity index is 724. The summed E-state index contributed by atoms with van der Waals surface area (Å²) in [5, 5.41) is 6.97. The van der Waals surface area contributed by atoms with Gasteiger partial charge in [0.15, 0.2) is 0 Å². The number of carbonyl (C=O) groups is 2. The number of piperazine rings is 1. The first-order valence-corrected chi connectivity index (χ1v) is 6.90. The van der Waals surface area contributed by atoms with Crippen LogP contribution in [0, 0.1) is 5.82 Å². The minimum absolute atomic E-state index is 0.0515. The van der Waals surface area contributed by atoms with Gasteiger partial charge in [-0.2, -0.15) is 5.10 Å². The zero-order valence-corrected chi connectivity index (χ0v) is 12.0. The Hall–Kier alpha value is -2.70. The molecule has 2 heterocycles. The molecule has 0 unspecified atom stereocenters. The summed E-state index contributed by atoms with van der Waals surface area (Å²) in [5.74, 6) is -0.728. The van der Waals surface area contributed by atoms with Gasteiger partial charge in [0.1, 0.15) is 11.5 Å². The fourth-order valence-corrected chi connectivity index (χ4v) is 2.40. The van der Waals surface area contributed by atoms with Gasteiger partial charge in [-0.1, -0.05) is 0 Å². The van der Waals surface area contributed by atoms with Crippen LogP contribution in [-0.4, -0.2) is 46.1 Å².